The topological polar surface area (TPSA) is 63.1 Å². The molecule has 0 saturated carbocycles. The normalized spacial score (nSPS) is 16.4. The van der Waals surface area contributed by atoms with Crippen LogP contribution in [0.1, 0.15) is 97.3 Å². The standard InChI is InChI=1S/C22H38N2O2/c1-3-5-7-9-11-13-15-23-19-17-20(22(26)18-21(19)25)24-16-14-12-10-8-6-4-2/h17,23H,3-16,18H2,1-2H3/p+1. The van der Waals surface area contributed by atoms with Crippen LogP contribution in [0.2, 0.25) is 0 Å². The van der Waals surface area contributed by atoms with E-state index < -0.39 is 0 Å². The number of quaternary nitrogens is 1. The van der Waals surface area contributed by atoms with Gasteiger partial charge in [0.2, 0.25) is 5.78 Å². The molecule has 0 aromatic heterocycles. The predicted molar refractivity (Wildman–Crippen MR) is 109 cm³/mol. The van der Waals surface area contributed by atoms with Gasteiger partial charge in [0.15, 0.2) is 11.5 Å². The molecule has 1 aliphatic rings. The van der Waals surface area contributed by atoms with E-state index in [0.29, 0.717) is 18.0 Å². The van der Waals surface area contributed by atoms with Crippen molar-refractivity contribution in [2.45, 2.75) is 97.3 Å². The summed E-state index contributed by atoms with van der Waals surface area (Å²) >= 11 is 0. The summed E-state index contributed by atoms with van der Waals surface area (Å²) in [6.07, 6.45) is 16.5. The van der Waals surface area contributed by atoms with Crippen LogP contribution in [-0.2, 0) is 9.59 Å². The molecular formula is C22H39N2O2+. The second-order valence-corrected chi connectivity index (χ2v) is 7.42. The third-order valence-electron chi connectivity index (χ3n) is 4.94. The van der Waals surface area contributed by atoms with Gasteiger partial charge in [0.25, 0.3) is 0 Å². The molecule has 0 heterocycles. The Labute approximate surface area is 159 Å². The molecule has 2 N–H and O–H groups in total. The number of rotatable bonds is 15. The number of allylic oxidation sites excluding steroid dienone is 2. The van der Waals surface area contributed by atoms with Crippen LogP contribution in [0.4, 0.5) is 0 Å². The van der Waals surface area contributed by atoms with Crippen LogP contribution in [-0.4, -0.2) is 30.4 Å². The molecule has 0 atom stereocenters. The molecule has 0 fully saturated rings. The fourth-order valence-electron chi connectivity index (χ4n) is 3.23. The fraction of sp³-hybridized carbons (Fsp3) is 0.773. The van der Waals surface area contributed by atoms with Crippen LogP contribution in [0.5, 0.6) is 0 Å². The number of nitrogens with two attached hydrogens (primary N) is 1. The van der Waals surface area contributed by atoms with Gasteiger partial charge < -0.3 is 5.32 Å². The highest BCUT2D eigenvalue weighted by Crippen LogP contribution is 2.08. The zero-order valence-corrected chi connectivity index (χ0v) is 17.0. The molecule has 0 saturated heterocycles. The average molecular weight is 364 g/mol. The molecule has 4 nitrogen and oxygen atoms in total. The van der Waals surface area contributed by atoms with Gasteiger partial charge in [0, 0.05) is 12.6 Å². The summed E-state index contributed by atoms with van der Waals surface area (Å²) in [6.45, 7) is 6.06. The Hall–Kier alpha value is -1.29. The van der Waals surface area contributed by atoms with Gasteiger partial charge in [0.05, 0.1) is 13.0 Å². The Balaban J connectivity index is 2.33. The number of carbonyl (C=O) groups excluding carboxylic acids is 2. The van der Waals surface area contributed by atoms with Crippen molar-refractivity contribution in [3.05, 3.63) is 11.8 Å². The lowest BCUT2D eigenvalue weighted by Crippen LogP contribution is -2.84. The zero-order valence-electron chi connectivity index (χ0n) is 17.0. The molecule has 1 rings (SSSR count). The smallest absolute Gasteiger partial charge is 0.223 e. The summed E-state index contributed by atoms with van der Waals surface area (Å²) < 4.78 is 0. The summed E-state index contributed by atoms with van der Waals surface area (Å²) in [5.41, 5.74) is 1.20. The van der Waals surface area contributed by atoms with Crippen molar-refractivity contribution in [2.24, 2.45) is 4.99 Å². The largest absolute Gasteiger partial charge is 0.311 e. The minimum absolute atomic E-state index is 0.00579. The van der Waals surface area contributed by atoms with E-state index in [1.165, 1.54) is 64.2 Å². The van der Waals surface area contributed by atoms with Gasteiger partial charge in [0.1, 0.15) is 5.71 Å². The summed E-state index contributed by atoms with van der Waals surface area (Å²) in [5, 5.41) is 2.01. The van der Waals surface area contributed by atoms with Crippen LogP contribution in [0.15, 0.2) is 16.8 Å². The lowest BCUT2D eigenvalue weighted by atomic mass is 9.99. The Morgan fingerprint density at radius 2 is 1.38 bits per heavy atom. The van der Waals surface area contributed by atoms with Crippen LogP contribution in [0.25, 0.3) is 0 Å². The molecule has 0 aromatic carbocycles. The first kappa shape index (κ1) is 22.8. The molecule has 0 unspecified atom stereocenters. The monoisotopic (exact) mass is 363 g/mol. The molecule has 0 bridgehead atoms. The molecule has 4 heteroatoms. The molecule has 0 amide bonds. The first-order valence-electron chi connectivity index (χ1n) is 10.8. The number of hydrogen-bond acceptors (Lipinski definition) is 3. The summed E-state index contributed by atoms with van der Waals surface area (Å²) in [5.74, 6) is -0.155. The van der Waals surface area contributed by atoms with E-state index in [2.05, 4.69) is 18.8 Å². The van der Waals surface area contributed by atoms with Crippen molar-refractivity contribution < 1.29 is 14.9 Å². The van der Waals surface area contributed by atoms with Gasteiger partial charge in [-0.1, -0.05) is 71.6 Å². The summed E-state index contributed by atoms with van der Waals surface area (Å²) in [6, 6.07) is 0. The lowest BCUT2D eigenvalue weighted by molar-refractivity contribution is -0.600. The van der Waals surface area contributed by atoms with E-state index in [0.717, 1.165) is 19.4 Å². The Kier molecular flexibility index (Phi) is 13.0. The minimum Gasteiger partial charge on any atom is -0.311 e. The Morgan fingerprint density at radius 1 is 0.808 bits per heavy atom. The second-order valence-electron chi connectivity index (χ2n) is 7.42. The molecule has 0 aromatic rings. The van der Waals surface area contributed by atoms with Gasteiger partial charge >= 0.3 is 0 Å². The highest BCUT2D eigenvalue weighted by molar-refractivity contribution is 6.49. The second kappa shape index (κ2) is 14.8. The Morgan fingerprint density at radius 3 is 2.04 bits per heavy atom. The van der Waals surface area contributed by atoms with Gasteiger partial charge in [-0.15, -0.1) is 0 Å². The van der Waals surface area contributed by atoms with Crippen molar-refractivity contribution >= 4 is 17.3 Å². The van der Waals surface area contributed by atoms with Crippen molar-refractivity contribution in [3.8, 4) is 0 Å². The number of carbonyl (C=O) groups is 2. The summed E-state index contributed by atoms with van der Waals surface area (Å²) in [4.78, 5) is 28.5. The van der Waals surface area contributed by atoms with Crippen molar-refractivity contribution in [1.82, 2.24) is 0 Å². The average Bonchev–Trinajstić information content (AvgIpc) is 2.63. The number of aliphatic imine (C=N–C) groups is 1. The molecule has 26 heavy (non-hydrogen) atoms. The molecular weight excluding hydrogens is 324 g/mol. The van der Waals surface area contributed by atoms with Gasteiger partial charge in [-0.2, -0.15) is 0 Å². The first-order chi connectivity index (χ1) is 12.7. The van der Waals surface area contributed by atoms with Gasteiger partial charge in [-0.3, -0.25) is 14.6 Å². The van der Waals surface area contributed by atoms with Crippen molar-refractivity contribution in [1.29, 1.82) is 0 Å². The Bertz CT molecular complexity index is 481. The SMILES string of the molecule is CCCCCCCCN=C1C=C([NH2+]CCCCCCCC)C(=O)CC1=O. The fourth-order valence-corrected chi connectivity index (χ4v) is 3.23. The van der Waals surface area contributed by atoms with E-state index in [-0.39, 0.29) is 18.0 Å². The van der Waals surface area contributed by atoms with E-state index in [1.54, 1.807) is 6.08 Å². The molecule has 0 radical (unpaired) electrons. The molecule has 148 valence electrons. The zero-order chi connectivity index (χ0) is 19.0. The van der Waals surface area contributed by atoms with Gasteiger partial charge in [-0.05, 0) is 19.3 Å². The van der Waals surface area contributed by atoms with E-state index in [9.17, 15) is 9.59 Å². The van der Waals surface area contributed by atoms with Crippen molar-refractivity contribution in [2.75, 3.05) is 13.1 Å². The van der Waals surface area contributed by atoms with Gasteiger partial charge in [-0.25, -0.2) is 0 Å². The number of unbranched alkanes of at least 4 members (excludes halogenated alkanes) is 10. The van der Waals surface area contributed by atoms with Crippen LogP contribution in [0.3, 0.4) is 0 Å². The number of hydrogen-bond donors (Lipinski definition) is 1. The lowest BCUT2D eigenvalue weighted by Gasteiger charge is -2.11. The molecule has 0 spiro atoms. The highest BCUT2D eigenvalue weighted by Gasteiger charge is 2.27. The maximum Gasteiger partial charge on any atom is 0.223 e. The maximum atomic E-state index is 12.1. The summed E-state index contributed by atoms with van der Waals surface area (Å²) in [7, 11) is 0. The van der Waals surface area contributed by atoms with Crippen LogP contribution < -0.4 is 5.32 Å². The van der Waals surface area contributed by atoms with E-state index in [4.69, 9.17) is 0 Å². The number of Topliss-reactive ketones (excluding diaryl/α,β-unsaturated/α-hetero) is 2. The van der Waals surface area contributed by atoms with Crippen LogP contribution in [0, 0.1) is 0 Å². The van der Waals surface area contributed by atoms with E-state index in [1.807, 2.05) is 5.32 Å². The van der Waals surface area contributed by atoms with E-state index >= 15 is 0 Å². The number of nitrogens with zero attached hydrogens (tertiary/aromatic N) is 1. The molecule has 0 aliphatic heterocycles. The quantitative estimate of drug-likeness (QED) is 0.351. The van der Waals surface area contributed by atoms with Crippen LogP contribution >= 0.6 is 0 Å². The number of ketones is 2. The molecule has 1 aliphatic carbocycles. The minimum atomic E-state index is -0.113. The highest BCUT2D eigenvalue weighted by atomic mass is 16.2. The maximum absolute atomic E-state index is 12.1. The third kappa shape index (κ3) is 10.0. The van der Waals surface area contributed by atoms with Crippen molar-refractivity contribution in [3.63, 3.8) is 0 Å². The predicted octanol–water partition coefficient (Wildman–Crippen LogP) is 4.14. The first-order valence-corrected chi connectivity index (χ1v) is 10.8. The third-order valence-corrected chi connectivity index (χ3v) is 4.94.